The first-order chi connectivity index (χ1) is 18.9. The second-order valence-corrected chi connectivity index (χ2v) is 13.2. The summed E-state index contributed by atoms with van der Waals surface area (Å²) in [5, 5.41) is 3.00. The van der Waals surface area contributed by atoms with Crippen molar-refractivity contribution in [2.75, 3.05) is 20.9 Å². The van der Waals surface area contributed by atoms with Gasteiger partial charge in [0.05, 0.1) is 15.5 Å². The molecule has 4 rings (SSSR count). The quantitative estimate of drug-likeness (QED) is 0.249. The van der Waals surface area contributed by atoms with Crippen LogP contribution in [0.5, 0.6) is 0 Å². The monoisotopic (exact) mass is 597 g/mol. The summed E-state index contributed by atoms with van der Waals surface area (Å²) in [5.41, 5.74) is 3.73. The summed E-state index contributed by atoms with van der Waals surface area (Å²) in [5.74, 6) is -0.625. The molecule has 40 heavy (non-hydrogen) atoms. The molecule has 0 aromatic heterocycles. The van der Waals surface area contributed by atoms with Gasteiger partial charge in [-0.2, -0.15) is 0 Å². The van der Waals surface area contributed by atoms with Crippen LogP contribution in [0.25, 0.3) is 0 Å². The second-order valence-electron chi connectivity index (χ2n) is 9.24. The van der Waals surface area contributed by atoms with Gasteiger partial charge in [0, 0.05) is 16.4 Å². The van der Waals surface area contributed by atoms with E-state index in [-0.39, 0.29) is 15.5 Å². The summed E-state index contributed by atoms with van der Waals surface area (Å²) in [6, 6.07) is 23.4. The van der Waals surface area contributed by atoms with Crippen molar-refractivity contribution in [3.8, 4) is 0 Å². The number of benzene rings is 4. The fraction of sp³-hybridized carbons (Fsp3) is 0.138. The SMILES string of the molecule is Cc1ccc(NS(=O)(=O)c2ccc(NC(=O)CN(c3ccc(C)c(Cl)c3)S(=O)(=O)c3ccccc3)cc2)cc1C. The molecule has 0 aliphatic rings. The molecule has 4 aromatic carbocycles. The summed E-state index contributed by atoms with van der Waals surface area (Å²) in [6.45, 7) is 5.08. The van der Waals surface area contributed by atoms with E-state index in [4.69, 9.17) is 11.6 Å². The number of nitrogens with one attached hydrogen (secondary N) is 2. The number of hydrogen-bond donors (Lipinski definition) is 2. The third-order valence-electron chi connectivity index (χ3n) is 6.27. The van der Waals surface area contributed by atoms with Crippen LogP contribution >= 0.6 is 11.6 Å². The van der Waals surface area contributed by atoms with Gasteiger partial charge in [-0.1, -0.05) is 41.9 Å². The van der Waals surface area contributed by atoms with E-state index in [9.17, 15) is 21.6 Å². The topological polar surface area (TPSA) is 113 Å². The predicted molar refractivity (Wildman–Crippen MR) is 159 cm³/mol. The molecule has 0 aliphatic carbocycles. The summed E-state index contributed by atoms with van der Waals surface area (Å²) in [6.07, 6.45) is 0. The molecule has 8 nitrogen and oxygen atoms in total. The maximum absolute atomic E-state index is 13.5. The molecule has 2 N–H and O–H groups in total. The molecular formula is C29H28ClN3O5S2. The minimum atomic E-state index is -4.11. The number of halogens is 1. The Morgan fingerprint density at radius 2 is 1.35 bits per heavy atom. The van der Waals surface area contributed by atoms with Crippen molar-refractivity contribution in [3.05, 3.63) is 113 Å². The average Bonchev–Trinajstić information content (AvgIpc) is 2.91. The van der Waals surface area contributed by atoms with Crippen LogP contribution in [0.15, 0.2) is 101 Å². The van der Waals surface area contributed by atoms with Gasteiger partial charge in [-0.15, -0.1) is 0 Å². The van der Waals surface area contributed by atoms with Crippen LogP contribution in [0.3, 0.4) is 0 Å². The highest BCUT2D eigenvalue weighted by molar-refractivity contribution is 7.93. The molecule has 0 saturated heterocycles. The molecule has 0 heterocycles. The van der Waals surface area contributed by atoms with Gasteiger partial charge in [0.15, 0.2) is 0 Å². The van der Waals surface area contributed by atoms with Crippen molar-refractivity contribution in [2.45, 2.75) is 30.6 Å². The first-order valence-corrected chi connectivity index (χ1v) is 15.5. The van der Waals surface area contributed by atoms with E-state index >= 15 is 0 Å². The molecule has 0 saturated carbocycles. The summed E-state index contributed by atoms with van der Waals surface area (Å²) >= 11 is 6.26. The lowest BCUT2D eigenvalue weighted by molar-refractivity contribution is -0.114. The fourth-order valence-electron chi connectivity index (χ4n) is 3.84. The van der Waals surface area contributed by atoms with Gasteiger partial charge >= 0.3 is 0 Å². The van der Waals surface area contributed by atoms with Crippen molar-refractivity contribution < 1.29 is 21.6 Å². The number of hydrogen-bond acceptors (Lipinski definition) is 5. The lowest BCUT2D eigenvalue weighted by Gasteiger charge is -2.24. The zero-order valence-electron chi connectivity index (χ0n) is 22.1. The van der Waals surface area contributed by atoms with Gasteiger partial charge in [0.2, 0.25) is 5.91 Å². The average molecular weight is 598 g/mol. The smallest absolute Gasteiger partial charge is 0.264 e. The van der Waals surface area contributed by atoms with Gasteiger partial charge in [0.1, 0.15) is 6.54 Å². The summed E-state index contributed by atoms with van der Waals surface area (Å²) < 4.78 is 56.2. The normalized spacial score (nSPS) is 11.6. The number of sulfonamides is 2. The molecule has 208 valence electrons. The lowest BCUT2D eigenvalue weighted by atomic mass is 10.1. The highest BCUT2D eigenvalue weighted by atomic mass is 35.5. The van der Waals surface area contributed by atoms with Crippen LogP contribution < -0.4 is 14.3 Å². The second kappa shape index (κ2) is 11.7. The Bertz CT molecular complexity index is 1760. The van der Waals surface area contributed by atoms with Crippen LogP contribution in [0.2, 0.25) is 5.02 Å². The van der Waals surface area contributed by atoms with Crippen LogP contribution in [0.4, 0.5) is 17.1 Å². The van der Waals surface area contributed by atoms with Gasteiger partial charge < -0.3 is 5.32 Å². The van der Waals surface area contributed by atoms with Gasteiger partial charge in [-0.05, 0) is 98.1 Å². The van der Waals surface area contributed by atoms with E-state index in [1.807, 2.05) is 19.9 Å². The summed E-state index contributed by atoms with van der Waals surface area (Å²) in [4.78, 5) is 13.1. The van der Waals surface area contributed by atoms with Gasteiger partial charge in [-0.25, -0.2) is 16.8 Å². The van der Waals surface area contributed by atoms with E-state index in [0.29, 0.717) is 16.4 Å². The minimum absolute atomic E-state index is 0.00584. The van der Waals surface area contributed by atoms with Crippen molar-refractivity contribution >= 4 is 54.6 Å². The number of rotatable bonds is 9. The van der Waals surface area contributed by atoms with Crippen molar-refractivity contribution in [2.24, 2.45) is 0 Å². The number of anilines is 3. The first-order valence-electron chi connectivity index (χ1n) is 12.2. The molecule has 0 fully saturated rings. The molecule has 0 radical (unpaired) electrons. The van der Waals surface area contributed by atoms with Crippen LogP contribution in [0.1, 0.15) is 16.7 Å². The number of carbonyl (C=O) groups is 1. The molecule has 0 atom stereocenters. The molecule has 4 aromatic rings. The molecule has 0 aliphatic heterocycles. The molecular weight excluding hydrogens is 570 g/mol. The first kappa shape index (κ1) is 29.1. The van der Waals surface area contributed by atoms with E-state index in [2.05, 4.69) is 10.0 Å². The Morgan fingerprint density at radius 3 is 1.98 bits per heavy atom. The summed E-state index contributed by atoms with van der Waals surface area (Å²) in [7, 11) is -7.97. The number of nitrogens with zero attached hydrogens (tertiary/aromatic N) is 1. The van der Waals surface area contributed by atoms with E-state index < -0.39 is 32.5 Å². The largest absolute Gasteiger partial charge is 0.325 e. The Morgan fingerprint density at radius 1 is 0.725 bits per heavy atom. The molecule has 11 heteroatoms. The Labute approximate surface area is 239 Å². The van der Waals surface area contributed by atoms with Gasteiger partial charge in [0.25, 0.3) is 20.0 Å². The third kappa shape index (κ3) is 6.64. The van der Waals surface area contributed by atoms with E-state index in [1.54, 1.807) is 49.4 Å². The van der Waals surface area contributed by atoms with Crippen molar-refractivity contribution in [3.63, 3.8) is 0 Å². The predicted octanol–water partition coefficient (Wildman–Crippen LogP) is 5.90. The molecule has 1 amide bonds. The minimum Gasteiger partial charge on any atom is -0.325 e. The fourth-order valence-corrected chi connectivity index (χ4v) is 6.50. The molecule has 0 unspecified atom stereocenters. The highest BCUT2D eigenvalue weighted by Gasteiger charge is 2.27. The maximum Gasteiger partial charge on any atom is 0.264 e. The van der Waals surface area contributed by atoms with Crippen LogP contribution in [-0.4, -0.2) is 29.3 Å². The number of aryl methyl sites for hydroxylation is 3. The number of carbonyl (C=O) groups excluding carboxylic acids is 1. The standard InChI is InChI=1S/C29H28ClN3O5S2/c1-20-9-11-24(17-22(20)3)32-39(35,36)26-15-12-23(13-16-26)31-29(34)19-33(25-14-10-21(2)28(30)18-25)40(37,38)27-7-5-4-6-8-27/h4-18,32H,19H2,1-3H3,(H,31,34). The van der Waals surface area contributed by atoms with E-state index in [0.717, 1.165) is 21.0 Å². The molecule has 0 spiro atoms. The zero-order chi connectivity index (χ0) is 29.1. The van der Waals surface area contributed by atoms with Crippen LogP contribution in [-0.2, 0) is 24.8 Å². The highest BCUT2D eigenvalue weighted by Crippen LogP contribution is 2.28. The maximum atomic E-state index is 13.5. The third-order valence-corrected chi connectivity index (χ3v) is 9.86. The molecule has 0 bridgehead atoms. The Balaban J connectivity index is 1.53. The zero-order valence-corrected chi connectivity index (χ0v) is 24.4. The van der Waals surface area contributed by atoms with Crippen molar-refractivity contribution in [1.29, 1.82) is 0 Å². The van der Waals surface area contributed by atoms with Crippen LogP contribution in [0, 0.1) is 20.8 Å². The van der Waals surface area contributed by atoms with E-state index in [1.165, 1.54) is 42.5 Å². The lowest BCUT2D eigenvalue weighted by Crippen LogP contribution is -2.38. The number of amides is 1. The van der Waals surface area contributed by atoms with Crippen molar-refractivity contribution in [1.82, 2.24) is 0 Å². The Hall–Kier alpha value is -3.86. The van der Waals surface area contributed by atoms with Gasteiger partial charge in [-0.3, -0.25) is 13.8 Å². The Kier molecular flexibility index (Phi) is 8.53.